The van der Waals surface area contributed by atoms with Gasteiger partial charge in [0.05, 0.1) is 5.69 Å². The minimum Gasteiger partial charge on any atom is -0.444 e. The topological polar surface area (TPSA) is 50.4 Å². The minimum atomic E-state index is -0.703. The van der Waals surface area contributed by atoms with Crippen LogP contribution in [0.4, 0.5) is 19.3 Å². The molecule has 0 fully saturated rings. The summed E-state index contributed by atoms with van der Waals surface area (Å²) >= 11 is 3.09. The summed E-state index contributed by atoms with van der Waals surface area (Å²) in [4.78, 5) is 11.5. The molecule has 0 spiro atoms. The van der Waals surface area contributed by atoms with Crippen molar-refractivity contribution in [1.29, 1.82) is 0 Å². The summed E-state index contributed by atoms with van der Waals surface area (Å²) in [5.41, 5.74) is -0.428. The van der Waals surface area contributed by atoms with Crippen LogP contribution in [-0.4, -0.2) is 24.3 Å². The van der Waals surface area contributed by atoms with Gasteiger partial charge < -0.3 is 15.4 Å². The Kier molecular flexibility index (Phi) is 5.95. The van der Waals surface area contributed by atoms with Gasteiger partial charge in [-0.2, -0.15) is 0 Å². The van der Waals surface area contributed by atoms with Gasteiger partial charge in [0.1, 0.15) is 17.2 Å². The predicted molar refractivity (Wildman–Crippen MR) is 81.4 cm³/mol. The van der Waals surface area contributed by atoms with E-state index in [4.69, 9.17) is 4.74 Å². The zero-order valence-corrected chi connectivity index (χ0v) is 14.0. The normalized spacial score (nSPS) is 12.7. The van der Waals surface area contributed by atoms with Crippen LogP contribution in [0.1, 0.15) is 27.7 Å². The molecule has 0 saturated heterocycles. The third kappa shape index (κ3) is 6.29. The van der Waals surface area contributed by atoms with Crippen molar-refractivity contribution in [2.45, 2.75) is 39.3 Å². The largest absolute Gasteiger partial charge is 0.444 e. The lowest BCUT2D eigenvalue weighted by atomic mass is 10.2. The molecule has 0 aliphatic rings. The van der Waals surface area contributed by atoms with Gasteiger partial charge in [-0.1, -0.05) is 0 Å². The Labute approximate surface area is 131 Å². The van der Waals surface area contributed by atoms with Crippen LogP contribution in [0.3, 0.4) is 0 Å². The Bertz CT molecular complexity index is 495. The molecule has 7 heteroatoms. The zero-order chi connectivity index (χ0) is 16.2. The van der Waals surface area contributed by atoms with Crippen LogP contribution < -0.4 is 10.6 Å². The second-order valence-corrected chi connectivity index (χ2v) is 6.53. The Morgan fingerprint density at radius 1 is 1.38 bits per heavy atom. The molecule has 118 valence electrons. The lowest BCUT2D eigenvalue weighted by molar-refractivity contribution is 0.0526. The van der Waals surface area contributed by atoms with Crippen molar-refractivity contribution in [3.63, 3.8) is 0 Å². The highest BCUT2D eigenvalue weighted by Crippen LogP contribution is 2.27. The maximum atomic E-state index is 13.6. The van der Waals surface area contributed by atoms with Gasteiger partial charge in [0.25, 0.3) is 0 Å². The number of hydrogen-bond acceptors (Lipinski definition) is 3. The molecule has 0 aliphatic carbocycles. The molecule has 1 unspecified atom stereocenters. The maximum absolute atomic E-state index is 13.6. The van der Waals surface area contributed by atoms with Gasteiger partial charge in [-0.05, 0) is 49.7 Å². The quantitative estimate of drug-likeness (QED) is 0.846. The fourth-order valence-corrected chi connectivity index (χ4v) is 2.05. The van der Waals surface area contributed by atoms with Gasteiger partial charge in [0.2, 0.25) is 0 Å². The molecule has 0 aliphatic heterocycles. The van der Waals surface area contributed by atoms with Crippen molar-refractivity contribution < 1.29 is 18.3 Å². The summed E-state index contributed by atoms with van der Waals surface area (Å²) in [6, 6.07) is 1.69. The van der Waals surface area contributed by atoms with E-state index in [-0.39, 0.29) is 22.7 Å². The highest BCUT2D eigenvalue weighted by molar-refractivity contribution is 9.10. The van der Waals surface area contributed by atoms with E-state index < -0.39 is 23.3 Å². The van der Waals surface area contributed by atoms with E-state index in [0.717, 1.165) is 6.07 Å². The number of carbonyl (C=O) groups excluding carboxylic acids is 1. The first-order valence-corrected chi connectivity index (χ1v) is 7.25. The number of alkyl carbamates (subject to hydrolysis) is 1. The summed E-state index contributed by atoms with van der Waals surface area (Å²) in [7, 11) is 0. The van der Waals surface area contributed by atoms with E-state index >= 15 is 0 Å². The molecule has 0 radical (unpaired) electrons. The van der Waals surface area contributed by atoms with E-state index in [0.29, 0.717) is 0 Å². The number of ether oxygens (including phenoxy) is 1. The monoisotopic (exact) mass is 364 g/mol. The van der Waals surface area contributed by atoms with Gasteiger partial charge in [-0.25, -0.2) is 13.6 Å². The molecule has 0 heterocycles. The maximum Gasteiger partial charge on any atom is 0.407 e. The van der Waals surface area contributed by atoms with E-state index in [1.807, 2.05) is 0 Å². The standard InChI is InChI=1S/C14H19BrF2N2O2/c1-8(7-18-13(20)21-14(2,3)4)19-12-10(15)5-9(16)6-11(12)17/h5-6,8,19H,7H2,1-4H3,(H,18,20). The predicted octanol–water partition coefficient (Wildman–Crippen LogP) is 4.05. The smallest absolute Gasteiger partial charge is 0.407 e. The number of nitrogens with one attached hydrogen (secondary N) is 2. The number of anilines is 1. The summed E-state index contributed by atoms with van der Waals surface area (Å²) in [5.74, 6) is -1.37. The van der Waals surface area contributed by atoms with Crippen molar-refractivity contribution in [3.05, 3.63) is 28.2 Å². The average Bonchev–Trinajstić information content (AvgIpc) is 2.29. The van der Waals surface area contributed by atoms with Crippen molar-refractivity contribution in [2.75, 3.05) is 11.9 Å². The van der Waals surface area contributed by atoms with Crippen LogP contribution in [0.2, 0.25) is 0 Å². The SMILES string of the molecule is CC(CNC(=O)OC(C)(C)C)Nc1c(F)cc(F)cc1Br. The Morgan fingerprint density at radius 2 is 2.00 bits per heavy atom. The third-order valence-electron chi connectivity index (χ3n) is 2.35. The number of benzene rings is 1. The second kappa shape index (κ2) is 7.06. The fraction of sp³-hybridized carbons (Fsp3) is 0.500. The molecule has 1 amide bonds. The van der Waals surface area contributed by atoms with Crippen LogP contribution in [0.15, 0.2) is 16.6 Å². The van der Waals surface area contributed by atoms with Crippen molar-refractivity contribution in [2.24, 2.45) is 0 Å². The highest BCUT2D eigenvalue weighted by Gasteiger charge is 2.17. The zero-order valence-electron chi connectivity index (χ0n) is 12.4. The van der Waals surface area contributed by atoms with Crippen molar-refractivity contribution in [1.82, 2.24) is 5.32 Å². The average molecular weight is 365 g/mol. The van der Waals surface area contributed by atoms with E-state index in [2.05, 4.69) is 26.6 Å². The van der Waals surface area contributed by atoms with E-state index in [9.17, 15) is 13.6 Å². The second-order valence-electron chi connectivity index (χ2n) is 5.67. The highest BCUT2D eigenvalue weighted by atomic mass is 79.9. The Hall–Kier alpha value is -1.37. The molecule has 1 atom stereocenters. The Morgan fingerprint density at radius 3 is 2.52 bits per heavy atom. The number of halogens is 3. The summed E-state index contributed by atoms with van der Waals surface area (Å²) in [6.45, 7) is 7.28. The van der Waals surface area contributed by atoms with Gasteiger partial charge in [-0.3, -0.25) is 0 Å². The molecule has 1 aromatic carbocycles. The summed E-state index contributed by atoms with van der Waals surface area (Å²) in [5, 5.41) is 5.44. The van der Waals surface area contributed by atoms with Crippen LogP contribution in [0.25, 0.3) is 0 Å². The van der Waals surface area contributed by atoms with Gasteiger partial charge >= 0.3 is 6.09 Å². The van der Waals surface area contributed by atoms with Gasteiger partial charge in [0, 0.05) is 23.1 Å². The van der Waals surface area contributed by atoms with Gasteiger partial charge in [0.15, 0.2) is 0 Å². The molecule has 0 bridgehead atoms. The third-order valence-corrected chi connectivity index (χ3v) is 2.97. The number of hydrogen-bond donors (Lipinski definition) is 2. The number of amides is 1. The molecular weight excluding hydrogens is 346 g/mol. The molecule has 0 aromatic heterocycles. The van der Waals surface area contributed by atoms with E-state index in [1.54, 1.807) is 27.7 Å². The first kappa shape index (κ1) is 17.7. The first-order valence-electron chi connectivity index (χ1n) is 6.46. The molecule has 1 rings (SSSR count). The molecule has 4 nitrogen and oxygen atoms in total. The lowest BCUT2D eigenvalue weighted by Crippen LogP contribution is -2.38. The van der Waals surface area contributed by atoms with Crippen LogP contribution >= 0.6 is 15.9 Å². The summed E-state index contributed by atoms with van der Waals surface area (Å²) in [6.07, 6.45) is -0.546. The van der Waals surface area contributed by atoms with Gasteiger partial charge in [-0.15, -0.1) is 0 Å². The first-order chi connectivity index (χ1) is 9.58. The number of rotatable bonds is 4. The Balaban J connectivity index is 2.55. The fourth-order valence-electron chi connectivity index (χ4n) is 1.53. The molecule has 21 heavy (non-hydrogen) atoms. The summed E-state index contributed by atoms with van der Waals surface area (Å²) < 4.78 is 32.0. The van der Waals surface area contributed by atoms with E-state index in [1.165, 1.54) is 6.07 Å². The molecule has 0 saturated carbocycles. The minimum absolute atomic E-state index is 0.148. The molecular formula is C14H19BrF2N2O2. The van der Waals surface area contributed by atoms with Crippen molar-refractivity contribution >= 4 is 27.7 Å². The van der Waals surface area contributed by atoms with Crippen LogP contribution in [-0.2, 0) is 4.74 Å². The van der Waals surface area contributed by atoms with Crippen molar-refractivity contribution in [3.8, 4) is 0 Å². The molecule has 1 aromatic rings. The number of carbonyl (C=O) groups is 1. The van der Waals surface area contributed by atoms with Crippen LogP contribution in [0.5, 0.6) is 0 Å². The molecule has 2 N–H and O–H groups in total. The lowest BCUT2D eigenvalue weighted by Gasteiger charge is -2.22. The van der Waals surface area contributed by atoms with Crippen LogP contribution in [0, 0.1) is 11.6 Å².